The number of amides is 1. The van der Waals surface area contributed by atoms with Crippen molar-refractivity contribution in [1.29, 1.82) is 0 Å². The molecule has 3 rings (SSSR count). The van der Waals surface area contributed by atoms with Gasteiger partial charge in [0.2, 0.25) is 0 Å². The molecule has 130 valence electrons. The molecule has 0 atom stereocenters. The zero-order valence-electron chi connectivity index (χ0n) is 15.0. The summed E-state index contributed by atoms with van der Waals surface area (Å²) in [6, 6.07) is 8.11. The van der Waals surface area contributed by atoms with E-state index in [2.05, 4.69) is 39.2 Å². The van der Waals surface area contributed by atoms with E-state index in [0.29, 0.717) is 12.1 Å². The smallest absolute Gasteiger partial charge is 0.274 e. The highest BCUT2D eigenvalue weighted by atomic mass is 79.9. The molecule has 1 amide bonds. The minimum absolute atomic E-state index is 0.120. The van der Waals surface area contributed by atoms with E-state index in [9.17, 15) is 4.79 Å². The van der Waals surface area contributed by atoms with Gasteiger partial charge in [0.1, 0.15) is 11.3 Å². The number of carbonyl (C=O) groups excluding carboxylic acids is 1. The second-order valence-electron chi connectivity index (χ2n) is 6.21. The van der Waals surface area contributed by atoms with Crippen molar-refractivity contribution in [3.63, 3.8) is 0 Å². The average molecular weight is 400 g/mol. The lowest BCUT2D eigenvalue weighted by molar-refractivity contribution is 0.102. The molecule has 0 unspecified atom stereocenters. The zero-order valence-corrected chi connectivity index (χ0v) is 16.6. The van der Waals surface area contributed by atoms with Crippen LogP contribution in [-0.4, -0.2) is 15.3 Å². The van der Waals surface area contributed by atoms with E-state index < -0.39 is 0 Å². The number of pyridine rings is 1. The molecular formula is C20H22BrN3O. The molecule has 1 N–H and O–H groups in total. The van der Waals surface area contributed by atoms with E-state index in [1.165, 1.54) is 0 Å². The van der Waals surface area contributed by atoms with E-state index in [0.717, 1.165) is 44.6 Å². The van der Waals surface area contributed by atoms with E-state index in [1.54, 1.807) is 0 Å². The van der Waals surface area contributed by atoms with Crippen LogP contribution in [0.5, 0.6) is 0 Å². The van der Waals surface area contributed by atoms with Crippen molar-refractivity contribution < 1.29 is 4.79 Å². The maximum atomic E-state index is 13.1. The molecule has 0 spiro atoms. The molecule has 2 aromatic heterocycles. The Morgan fingerprint density at radius 3 is 2.64 bits per heavy atom. The number of rotatable bonds is 4. The van der Waals surface area contributed by atoms with Crippen molar-refractivity contribution in [2.24, 2.45) is 0 Å². The Balaban J connectivity index is 2.12. The number of aromatic nitrogens is 2. The monoisotopic (exact) mass is 399 g/mol. The van der Waals surface area contributed by atoms with E-state index >= 15 is 0 Å². The summed E-state index contributed by atoms with van der Waals surface area (Å²) < 4.78 is 2.81. The predicted molar refractivity (Wildman–Crippen MR) is 106 cm³/mol. The number of nitrogens with one attached hydrogen (secondary N) is 1. The maximum absolute atomic E-state index is 13.1. The Labute approximate surface area is 156 Å². The number of benzene rings is 1. The number of aryl methyl sites for hydroxylation is 4. The highest BCUT2D eigenvalue weighted by Crippen LogP contribution is 2.25. The van der Waals surface area contributed by atoms with Crippen LogP contribution in [-0.2, 0) is 12.8 Å². The molecule has 0 fully saturated rings. The summed E-state index contributed by atoms with van der Waals surface area (Å²) in [7, 11) is 0. The quantitative estimate of drug-likeness (QED) is 0.663. The molecule has 0 aliphatic rings. The van der Waals surface area contributed by atoms with Crippen LogP contribution in [0.1, 0.15) is 46.7 Å². The summed E-state index contributed by atoms with van der Waals surface area (Å²) >= 11 is 3.52. The van der Waals surface area contributed by atoms with Crippen LogP contribution in [0.2, 0.25) is 0 Å². The fraction of sp³-hybridized carbons (Fsp3) is 0.300. The molecule has 1 aromatic carbocycles. The molecular weight excluding hydrogens is 378 g/mol. The van der Waals surface area contributed by atoms with Crippen LogP contribution >= 0.6 is 15.9 Å². The molecule has 3 aromatic rings. The van der Waals surface area contributed by atoms with Crippen molar-refractivity contribution in [3.8, 4) is 0 Å². The Kier molecular flexibility index (Phi) is 4.95. The van der Waals surface area contributed by atoms with E-state index in [1.807, 2.05) is 49.6 Å². The van der Waals surface area contributed by atoms with Gasteiger partial charge < -0.3 is 5.32 Å². The second kappa shape index (κ2) is 7.00. The number of hydrogen-bond acceptors (Lipinski definition) is 2. The first-order chi connectivity index (χ1) is 12.0. The Morgan fingerprint density at radius 1 is 1.20 bits per heavy atom. The number of fused-ring (bicyclic) bond motifs is 1. The van der Waals surface area contributed by atoms with Gasteiger partial charge in [-0.15, -0.1) is 0 Å². The summed E-state index contributed by atoms with van der Waals surface area (Å²) in [5.41, 5.74) is 6.38. The van der Waals surface area contributed by atoms with E-state index in [-0.39, 0.29) is 5.91 Å². The van der Waals surface area contributed by atoms with Gasteiger partial charge in [-0.3, -0.25) is 9.20 Å². The van der Waals surface area contributed by atoms with Crippen molar-refractivity contribution in [3.05, 3.63) is 63.0 Å². The van der Waals surface area contributed by atoms with Gasteiger partial charge in [-0.05, 0) is 65.4 Å². The topological polar surface area (TPSA) is 46.4 Å². The van der Waals surface area contributed by atoms with Gasteiger partial charge in [0.05, 0.1) is 5.69 Å². The van der Waals surface area contributed by atoms with Crippen LogP contribution < -0.4 is 5.32 Å². The summed E-state index contributed by atoms with van der Waals surface area (Å²) in [5.74, 6) is -0.120. The summed E-state index contributed by atoms with van der Waals surface area (Å²) in [5, 5.41) is 3.12. The highest BCUT2D eigenvalue weighted by Gasteiger charge is 2.21. The number of imidazole rings is 1. The largest absolute Gasteiger partial charge is 0.320 e. The lowest BCUT2D eigenvalue weighted by Gasteiger charge is -2.13. The number of hydrogen-bond donors (Lipinski definition) is 1. The third kappa shape index (κ3) is 3.21. The normalized spacial score (nSPS) is 11.1. The summed E-state index contributed by atoms with van der Waals surface area (Å²) in [6.07, 6.45) is 3.48. The minimum atomic E-state index is -0.120. The fourth-order valence-corrected chi connectivity index (χ4v) is 3.73. The standard InChI is InChI=1S/C20H22BrN3O/c1-5-14-9-7-8-12(3)17(14)23-20(25)18-16(6-2)22-19-13(4)10-15(21)11-24(18)19/h7-11H,5-6H2,1-4H3,(H,23,25). The number of para-hydroxylation sites is 1. The lowest BCUT2D eigenvalue weighted by atomic mass is 10.1. The van der Waals surface area contributed by atoms with Crippen LogP contribution in [0, 0.1) is 13.8 Å². The van der Waals surface area contributed by atoms with Gasteiger partial charge in [-0.1, -0.05) is 32.0 Å². The first-order valence-corrected chi connectivity index (χ1v) is 9.32. The molecule has 2 heterocycles. The molecule has 0 aliphatic heterocycles. The van der Waals surface area contributed by atoms with Crippen LogP contribution in [0.4, 0.5) is 5.69 Å². The van der Waals surface area contributed by atoms with Gasteiger partial charge >= 0.3 is 0 Å². The highest BCUT2D eigenvalue weighted by molar-refractivity contribution is 9.10. The fourth-order valence-electron chi connectivity index (χ4n) is 3.18. The first-order valence-electron chi connectivity index (χ1n) is 8.53. The van der Waals surface area contributed by atoms with Crippen LogP contribution in [0.15, 0.2) is 34.9 Å². The Morgan fingerprint density at radius 2 is 1.96 bits per heavy atom. The first kappa shape index (κ1) is 17.7. The third-order valence-corrected chi connectivity index (χ3v) is 4.90. The summed E-state index contributed by atoms with van der Waals surface area (Å²) in [6.45, 7) is 8.14. The van der Waals surface area contributed by atoms with Crippen molar-refractivity contribution in [1.82, 2.24) is 9.38 Å². The van der Waals surface area contributed by atoms with E-state index in [4.69, 9.17) is 0 Å². The number of anilines is 1. The number of nitrogens with zero attached hydrogens (tertiary/aromatic N) is 2. The van der Waals surface area contributed by atoms with Crippen LogP contribution in [0.3, 0.4) is 0 Å². The predicted octanol–water partition coefficient (Wildman–Crippen LogP) is 5.09. The third-order valence-electron chi connectivity index (χ3n) is 4.47. The van der Waals surface area contributed by atoms with Crippen molar-refractivity contribution >= 4 is 33.2 Å². The Hall–Kier alpha value is -2.14. The van der Waals surface area contributed by atoms with Gasteiger partial charge in [0.25, 0.3) is 5.91 Å². The van der Waals surface area contributed by atoms with Gasteiger partial charge in [-0.25, -0.2) is 4.98 Å². The molecule has 0 radical (unpaired) electrons. The molecule has 0 bridgehead atoms. The van der Waals surface area contributed by atoms with Gasteiger partial charge in [0.15, 0.2) is 0 Å². The number of halogens is 1. The molecule has 0 saturated heterocycles. The van der Waals surface area contributed by atoms with Crippen LogP contribution in [0.25, 0.3) is 5.65 Å². The molecule has 5 heteroatoms. The minimum Gasteiger partial charge on any atom is -0.320 e. The summed E-state index contributed by atoms with van der Waals surface area (Å²) in [4.78, 5) is 17.8. The molecule has 0 aliphatic carbocycles. The van der Waals surface area contributed by atoms with Crippen molar-refractivity contribution in [2.45, 2.75) is 40.5 Å². The SMILES string of the molecule is CCc1cccc(C)c1NC(=O)c1c(CC)nc2c(C)cc(Br)cn12. The lowest BCUT2D eigenvalue weighted by Crippen LogP contribution is -2.18. The second-order valence-corrected chi connectivity index (χ2v) is 7.13. The zero-order chi connectivity index (χ0) is 18.1. The number of carbonyl (C=O) groups is 1. The maximum Gasteiger partial charge on any atom is 0.274 e. The molecule has 25 heavy (non-hydrogen) atoms. The van der Waals surface area contributed by atoms with Gasteiger partial charge in [0, 0.05) is 16.4 Å². The van der Waals surface area contributed by atoms with Crippen molar-refractivity contribution in [2.75, 3.05) is 5.32 Å². The van der Waals surface area contributed by atoms with Gasteiger partial charge in [-0.2, -0.15) is 0 Å². The average Bonchev–Trinajstić information content (AvgIpc) is 2.95. The molecule has 4 nitrogen and oxygen atoms in total. The molecule has 0 saturated carbocycles. The Bertz CT molecular complexity index is 959.